The molecule has 0 aromatic heterocycles. The molecule has 1 saturated heterocycles. The van der Waals surface area contributed by atoms with Crippen molar-refractivity contribution in [1.82, 2.24) is 10.6 Å². The van der Waals surface area contributed by atoms with Crippen LogP contribution in [-0.4, -0.2) is 17.8 Å². The van der Waals surface area contributed by atoms with Gasteiger partial charge in [0.1, 0.15) is 5.41 Å². The molecule has 0 bridgehead atoms. The molecule has 1 heterocycles. The molecule has 112 valence electrons. The van der Waals surface area contributed by atoms with E-state index in [1.54, 1.807) is 6.92 Å². The lowest BCUT2D eigenvalue weighted by Gasteiger charge is -2.34. The van der Waals surface area contributed by atoms with E-state index in [9.17, 15) is 14.4 Å². The van der Waals surface area contributed by atoms with Crippen LogP contribution < -0.4 is 10.6 Å². The highest BCUT2D eigenvalue weighted by Gasteiger charge is 2.49. The number of carbonyl (C=O) groups is 3. The van der Waals surface area contributed by atoms with Crippen LogP contribution >= 0.6 is 0 Å². The summed E-state index contributed by atoms with van der Waals surface area (Å²) in [7, 11) is 0. The van der Waals surface area contributed by atoms with Gasteiger partial charge in [0, 0.05) is 0 Å². The second-order valence-electron chi connectivity index (χ2n) is 5.62. The van der Waals surface area contributed by atoms with E-state index in [4.69, 9.17) is 0 Å². The SMILES string of the molecule is C=C(C)CC1(CCCCCCC)C(=O)NC(=O)NC1=O. The van der Waals surface area contributed by atoms with Crippen LogP contribution in [-0.2, 0) is 9.59 Å². The first-order valence-electron chi connectivity index (χ1n) is 7.23. The number of carbonyl (C=O) groups excluding carboxylic acids is 3. The van der Waals surface area contributed by atoms with Crippen molar-refractivity contribution in [3.63, 3.8) is 0 Å². The van der Waals surface area contributed by atoms with Crippen LogP contribution in [0.2, 0.25) is 0 Å². The molecule has 4 amide bonds. The highest BCUT2D eigenvalue weighted by Crippen LogP contribution is 2.34. The molecule has 0 aromatic carbocycles. The van der Waals surface area contributed by atoms with Crippen LogP contribution in [0.1, 0.15) is 58.8 Å². The van der Waals surface area contributed by atoms with Gasteiger partial charge in [0.25, 0.3) is 0 Å². The molecule has 1 fully saturated rings. The summed E-state index contributed by atoms with van der Waals surface area (Å²) in [6.45, 7) is 7.72. The fourth-order valence-corrected chi connectivity index (χ4v) is 2.60. The van der Waals surface area contributed by atoms with Crippen molar-refractivity contribution in [2.45, 2.75) is 58.8 Å². The molecule has 1 rings (SSSR count). The molecule has 1 aliphatic rings. The number of allylic oxidation sites excluding steroid dienone is 1. The maximum absolute atomic E-state index is 12.2. The quantitative estimate of drug-likeness (QED) is 0.408. The molecule has 0 unspecified atom stereocenters. The summed E-state index contributed by atoms with van der Waals surface area (Å²) in [4.78, 5) is 35.5. The van der Waals surface area contributed by atoms with Crippen LogP contribution in [0.15, 0.2) is 12.2 Å². The van der Waals surface area contributed by atoms with Gasteiger partial charge in [0.2, 0.25) is 11.8 Å². The monoisotopic (exact) mass is 280 g/mol. The van der Waals surface area contributed by atoms with Gasteiger partial charge in [-0.2, -0.15) is 0 Å². The second kappa shape index (κ2) is 7.22. The van der Waals surface area contributed by atoms with Crippen LogP contribution in [0.3, 0.4) is 0 Å². The van der Waals surface area contributed by atoms with Crippen molar-refractivity contribution in [3.8, 4) is 0 Å². The predicted molar refractivity (Wildman–Crippen MR) is 76.9 cm³/mol. The van der Waals surface area contributed by atoms with Gasteiger partial charge in [-0.3, -0.25) is 20.2 Å². The molecule has 20 heavy (non-hydrogen) atoms. The lowest BCUT2D eigenvalue weighted by molar-refractivity contribution is -0.145. The van der Waals surface area contributed by atoms with E-state index < -0.39 is 23.3 Å². The normalized spacial score (nSPS) is 17.6. The number of unbranched alkanes of at least 4 members (excludes halogenated alkanes) is 4. The van der Waals surface area contributed by atoms with Gasteiger partial charge in [-0.15, -0.1) is 6.58 Å². The molecule has 1 aliphatic heterocycles. The Morgan fingerprint density at radius 2 is 1.60 bits per heavy atom. The van der Waals surface area contributed by atoms with E-state index in [1.807, 2.05) is 0 Å². The Bertz CT molecular complexity index is 395. The van der Waals surface area contributed by atoms with Gasteiger partial charge < -0.3 is 0 Å². The van der Waals surface area contributed by atoms with Crippen molar-refractivity contribution in [2.24, 2.45) is 5.41 Å². The van der Waals surface area contributed by atoms with Gasteiger partial charge in [-0.1, -0.05) is 44.6 Å². The zero-order valence-electron chi connectivity index (χ0n) is 12.4. The zero-order valence-corrected chi connectivity index (χ0v) is 12.4. The fourth-order valence-electron chi connectivity index (χ4n) is 2.60. The zero-order chi connectivity index (χ0) is 15.2. The minimum Gasteiger partial charge on any atom is -0.277 e. The van der Waals surface area contributed by atoms with E-state index in [0.29, 0.717) is 6.42 Å². The smallest absolute Gasteiger partial charge is 0.277 e. The Hall–Kier alpha value is -1.65. The van der Waals surface area contributed by atoms with Gasteiger partial charge in [-0.25, -0.2) is 4.79 Å². The Morgan fingerprint density at radius 1 is 1.05 bits per heavy atom. The highest BCUT2D eigenvalue weighted by atomic mass is 16.2. The average Bonchev–Trinajstić information content (AvgIpc) is 2.34. The number of rotatable bonds is 8. The molecular formula is C15H24N2O3. The van der Waals surface area contributed by atoms with Crippen molar-refractivity contribution in [2.75, 3.05) is 0 Å². The van der Waals surface area contributed by atoms with Crippen molar-refractivity contribution in [3.05, 3.63) is 12.2 Å². The number of imide groups is 2. The van der Waals surface area contributed by atoms with E-state index in [1.165, 1.54) is 0 Å². The van der Waals surface area contributed by atoms with Crippen LogP contribution in [0.25, 0.3) is 0 Å². The first-order chi connectivity index (χ1) is 9.42. The number of amides is 4. The molecule has 0 aromatic rings. The number of hydrogen-bond donors (Lipinski definition) is 2. The summed E-state index contributed by atoms with van der Waals surface area (Å²) in [5.74, 6) is -0.991. The molecule has 0 atom stereocenters. The molecule has 0 aliphatic carbocycles. The largest absolute Gasteiger partial charge is 0.328 e. The van der Waals surface area contributed by atoms with Crippen molar-refractivity contribution < 1.29 is 14.4 Å². The fraction of sp³-hybridized carbons (Fsp3) is 0.667. The third-order valence-corrected chi connectivity index (χ3v) is 3.63. The molecule has 5 nitrogen and oxygen atoms in total. The lowest BCUT2D eigenvalue weighted by atomic mass is 9.75. The Morgan fingerprint density at radius 3 is 2.10 bits per heavy atom. The topological polar surface area (TPSA) is 75.3 Å². The van der Waals surface area contributed by atoms with Crippen molar-refractivity contribution >= 4 is 17.8 Å². The minimum atomic E-state index is -1.17. The second-order valence-corrected chi connectivity index (χ2v) is 5.62. The van der Waals surface area contributed by atoms with Gasteiger partial charge in [0.05, 0.1) is 0 Å². The maximum atomic E-state index is 12.2. The number of hydrogen-bond acceptors (Lipinski definition) is 3. The first-order valence-corrected chi connectivity index (χ1v) is 7.23. The summed E-state index contributed by atoms with van der Waals surface area (Å²) in [5, 5.41) is 4.41. The number of urea groups is 1. The van der Waals surface area contributed by atoms with E-state index >= 15 is 0 Å². The molecular weight excluding hydrogens is 256 g/mol. The van der Waals surface area contributed by atoms with Crippen LogP contribution in [0.5, 0.6) is 0 Å². The number of nitrogens with one attached hydrogen (secondary N) is 2. The summed E-state index contributed by atoms with van der Waals surface area (Å²) < 4.78 is 0. The number of barbiturate groups is 1. The third-order valence-electron chi connectivity index (χ3n) is 3.63. The van der Waals surface area contributed by atoms with Gasteiger partial charge >= 0.3 is 6.03 Å². The van der Waals surface area contributed by atoms with E-state index in [-0.39, 0.29) is 6.42 Å². The van der Waals surface area contributed by atoms with Gasteiger partial charge in [-0.05, 0) is 19.8 Å². The summed E-state index contributed by atoms with van der Waals surface area (Å²) in [6, 6.07) is -0.733. The average molecular weight is 280 g/mol. The van der Waals surface area contributed by atoms with E-state index in [2.05, 4.69) is 24.1 Å². The highest BCUT2D eigenvalue weighted by molar-refractivity contribution is 6.19. The molecule has 0 radical (unpaired) electrons. The summed E-state index contributed by atoms with van der Waals surface area (Å²) in [5.41, 5.74) is -0.412. The molecule has 2 N–H and O–H groups in total. The first kappa shape index (κ1) is 16.4. The Kier molecular flexibility index (Phi) is 5.92. The summed E-state index contributed by atoms with van der Waals surface area (Å²) >= 11 is 0. The molecule has 0 saturated carbocycles. The van der Waals surface area contributed by atoms with Crippen LogP contribution in [0.4, 0.5) is 4.79 Å². The third kappa shape index (κ3) is 3.92. The van der Waals surface area contributed by atoms with Gasteiger partial charge in [0.15, 0.2) is 0 Å². The Balaban J connectivity index is 2.75. The molecule has 0 spiro atoms. The molecule has 5 heteroatoms. The van der Waals surface area contributed by atoms with Crippen LogP contribution in [0, 0.1) is 5.41 Å². The van der Waals surface area contributed by atoms with Crippen molar-refractivity contribution in [1.29, 1.82) is 0 Å². The summed E-state index contributed by atoms with van der Waals surface area (Å²) in [6.07, 6.45) is 5.92. The lowest BCUT2D eigenvalue weighted by Crippen LogP contribution is -2.62. The predicted octanol–water partition coefficient (Wildman–Crippen LogP) is 2.67. The standard InChI is InChI=1S/C15H24N2O3/c1-4-5-6-7-8-9-15(10-11(2)3)12(18)16-14(20)17-13(15)19/h2,4-10H2,1,3H3,(H2,16,17,18,19,20). The maximum Gasteiger partial charge on any atom is 0.328 e. The van der Waals surface area contributed by atoms with E-state index in [0.717, 1.165) is 37.7 Å². The Labute approximate surface area is 120 Å². The minimum absolute atomic E-state index is 0.283.